The van der Waals surface area contributed by atoms with E-state index in [-0.39, 0.29) is 0 Å². The van der Waals surface area contributed by atoms with Crippen LogP contribution >= 0.6 is 15.9 Å². The molecule has 1 atom stereocenters. The summed E-state index contributed by atoms with van der Waals surface area (Å²) in [4.78, 5) is 0. The molecule has 0 radical (unpaired) electrons. The zero-order chi connectivity index (χ0) is 8.60. The molecule has 1 aromatic rings. The Balaban J connectivity index is 2.52. The van der Waals surface area contributed by atoms with Crippen molar-refractivity contribution in [2.24, 2.45) is 0 Å². The Morgan fingerprint density at radius 1 is 1.42 bits per heavy atom. The van der Waals surface area contributed by atoms with Crippen LogP contribution in [-0.4, -0.2) is 11.7 Å². The zero-order valence-electron chi connectivity index (χ0n) is 6.55. The maximum atomic E-state index is 9.83. The predicted molar refractivity (Wildman–Crippen MR) is 51.0 cm³/mol. The summed E-state index contributed by atoms with van der Waals surface area (Å²) < 4.78 is -1.03. The van der Waals surface area contributed by atoms with Gasteiger partial charge in [-0.1, -0.05) is 24.3 Å². The summed E-state index contributed by atoms with van der Waals surface area (Å²) >= 11 is 3.24. The molecule has 1 unspecified atom stereocenters. The molecule has 2 nitrogen and oxygen atoms in total. The second-order valence-electron chi connectivity index (χ2n) is 2.96. The second kappa shape index (κ2) is 2.83. The molecule has 1 aliphatic heterocycles. The molecule has 0 aromatic heterocycles. The molecule has 0 fully saturated rings. The highest BCUT2D eigenvalue weighted by atomic mass is 79.9. The molecule has 0 amide bonds. The van der Waals surface area contributed by atoms with Gasteiger partial charge in [-0.25, -0.2) is 0 Å². The lowest BCUT2D eigenvalue weighted by molar-refractivity contribution is 0.0998. The van der Waals surface area contributed by atoms with Gasteiger partial charge >= 0.3 is 0 Å². The Labute approximate surface area is 79.7 Å². The molecule has 1 aliphatic rings. The summed E-state index contributed by atoms with van der Waals surface area (Å²) in [5, 5.41) is 12.8. The van der Waals surface area contributed by atoms with Gasteiger partial charge in [-0.2, -0.15) is 0 Å². The Hall–Kier alpha value is -0.380. The molecule has 0 saturated carbocycles. The maximum Gasteiger partial charge on any atom is 0.200 e. The number of alkyl halides is 1. The molecule has 12 heavy (non-hydrogen) atoms. The van der Waals surface area contributed by atoms with Crippen LogP contribution in [0.15, 0.2) is 24.3 Å². The minimum Gasteiger partial charge on any atom is -0.363 e. The monoisotopic (exact) mass is 227 g/mol. The van der Waals surface area contributed by atoms with Gasteiger partial charge in [0.05, 0.1) is 0 Å². The minimum absolute atomic E-state index is 0.804. The third kappa shape index (κ3) is 1.28. The van der Waals surface area contributed by atoms with Gasteiger partial charge in [0.25, 0.3) is 0 Å². The highest BCUT2D eigenvalue weighted by Gasteiger charge is 2.30. The van der Waals surface area contributed by atoms with Gasteiger partial charge in [0.2, 0.25) is 0 Å². The summed E-state index contributed by atoms with van der Waals surface area (Å²) in [7, 11) is 0. The van der Waals surface area contributed by atoms with Crippen LogP contribution in [0.1, 0.15) is 11.1 Å². The molecule has 1 heterocycles. The van der Waals surface area contributed by atoms with E-state index < -0.39 is 4.63 Å². The SMILES string of the molecule is OC1(Br)NCCc2ccccc21. The van der Waals surface area contributed by atoms with Crippen molar-refractivity contribution in [2.45, 2.75) is 11.1 Å². The Morgan fingerprint density at radius 3 is 2.92 bits per heavy atom. The summed E-state index contributed by atoms with van der Waals surface area (Å²) in [6.45, 7) is 0.804. The van der Waals surface area contributed by atoms with Crippen molar-refractivity contribution in [1.29, 1.82) is 0 Å². The average Bonchev–Trinajstić information content (AvgIpc) is 2.04. The van der Waals surface area contributed by atoms with Gasteiger partial charge in [-0.05, 0) is 27.9 Å². The molecular weight excluding hydrogens is 218 g/mol. The lowest BCUT2D eigenvalue weighted by Gasteiger charge is -2.30. The van der Waals surface area contributed by atoms with Crippen LogP contribution in [0.4, 0.5) is 0 Å². The number of hydrogen-bond donors (Lipinski definition) is 2. The molecular formula is C9H10BrNO. The van der Waals surface area contributed by atoms with E-state index >= 15 is 0 Å². The van der Waals surface area contributed by atoms with Crippen LogP contribution in [0.5, 0.6) is 0 Å². The van der Waals surface area contributed by atoms with Gasteiger partial charge in [-0.3, -0.25) is 5.32 Å². The Bertz CT molecular complexity index is 298. The maximum absolute atomic E-state index is 9.83. The minimum atomic E-state index is -1.03. The van der Waals surface area contributed by atoms with Crippen LogP contribution in [0.2, 0.25) is 0 Å². The van der Waals surface area contributed by atoms with Gasteiger partial charge in [0, 0.05) is 12.1 Å². The quantitative estimate of drug-likeness (QED) is 0.518. The fraction of sp³-hybridized carbons (Fsp3) is 0.333. The van der Waals surface area contributed by atoms with E-state index in [4.69, 9.17) is 0 Å². The van der Waals surface area contributed by atoms with Crippen LogP contribution in [0.25, 0.3) is 0 Å². The predicted octanol–water partition coefficient (Wildman–Crippen LogP) is 1.33. The van der Waals surface area contributed by atoms with Crippen molar-refractivity contribution in [3.05, 3.63) is 35.4 Å². The summed E-state index contributed by atoms with van der Waals surface area (Å²) in [6.07, 6.45) is 0.976. The first-order chi connectivity index (χ1) is 5.70. The van der Waals surface area contributed by atoms with E-state index in [1.54, 1.807) is 0 Å². The molecule has 0 bridgehead atoms. The Morgan fingerprint density at radius 2 is 2.17 bits per heavy atom. The van der Waals surface area contributed by atoms with Crippen LogP contribution in [0, 0.1) is 0 Å². The van der Waals surface area contributed by atoms with E-state index in [2.05, 4.69) is 21.2 Å². The molecule has 3 heteroatoms. The van der Waals surface area contributed by atoms with Crippen molar-refractivity contribution >= 4 is 15.9 Å². The van der Waals surface area contributed by atoms with Crippen molar-refractivity contribution in [3.8, 4) is 0 Å². The van der Waals surface area contributed by atoms with Gasteiger partial charge in [-0.15, -0.1) is 0 Å². The largest absolute Gasteiger partial charge is 0.363 e. The highest BCUT2D eigenvalue weighted by Crippen LogP contribution is 2.30. The van der Waals surface area contributed by atoms with Gasteiger partial charge < -0.3 is 5.11 Å². The van der Waals surface area contributed by atoms with E-state index in [1.807, 2.05) is 24.3 Å². The lowest BCUT2D eigenvalue weighted by Crippen LogP contribution is -2.42. The normalized spacial score (nSPS) is 28.2. The first-order valence-corrected chi connectivity index (χ1v) is 4.74. The van der Waals surface area contributed by atoms with Crippen LogP contribution in [0.3, 0.4) is 0 Å². The molecule has 0 saturated heterocycles. The van der Waals surface area contributed by atoms with Crippen LogP contribution in [-0.2, 0) is 11.1 Å². The first-order valence-electron chi connectivity index (χ1n) is 3.95. The number of fused-ring (bicyclic) bond motifs is 1. The molecule has 64 valence electrons. The van der Waals surface area contributed by atoms with E-state index in [1.165, 1.54) is 5.56 Å². The average molecular weight is 228 g/mol. The van der Waals surface area contributed by atoms with E-state index in [0.717, 1.165) is 18.5 Å². The Kier molecular flexibility index (Phi) is 1.94. The van der Waals surface area contributed by atoms with Crippen molar-refractivity contribution in [2.75, 3.05) is 6.54 Å². The summed E-state index contributed by atoms with van der Waals surface area (Å²) in [5.41, 5.74) is 2.13. The number of benzene rings is 1. The molecule has 2 rings (SSSR count). The van der Waals surface area contributed by atoms with Gasteiger partial charge in [0.15, 0.2) is 4.63 Å². The van der Waals surface area contributed by atoms with Crippen molar-refractivity contribution in [3.63, 3.8) is 0 Å². The third-order valence-electron chi connectivity index (χ3n) is 2.13. The molecule has 0 aliphatic carbocycles. The third-order valence-corrected chi connectivity index (χ3v) is 2.84. The highest BCUT2D eigenvalue weighted by molar-refractivity contribution is 9.09. The topological polar surface area (TPSA) is 32.3 Å². The zero-order valence-corrected chi connectivity index (χ0v) is 8.13. The standard InChI is InChI=1S/C9H10BrNO/c10-9(12)8-4-2-1-3-7(8)5-6-11-9/h1-4,11-12H,5-6H2. The fourth-order valence-electron chi connectivity index (χ4n) is 1.52. The fourth-order valence-corrected chi connectivity index (χ4v) is 2.10. The number of aliphatic hydroxyl groups is 1. The first kappa shape index (κ1) is 8.23. The van der Waals surface area contributed by atoms with Crippen molar-refractivity contribution < 1.29 is 5.11 Å². The van der Waals surface area contributed by atoms with Crippen molar-refractivity contribution in [1.82, 2.24) is 5.32 Å². The number of nitrogens with one attached hydrogen (secondary N) is 1. The van der Waals surface area contributed by atoms with Crippen LogP contribution < -0.4 is 5.32 Å². The summed E-state index contributed by atoms with van der Waals surface area (Å²) in [6, 6.07) is 7.89. The van der Waals surface area contributed by atoms with Gasteiger partial charge in [0.1, 0.15) is 0 Å². The molecule has 0 spiro atoms. The smallest absolute Gasteiger partial charge is 0.200 e. The second-order valence-corrected chi connectivity index (χ2v) is 4.10. The number of halogens is 1. The summed E-state index contributed by atoms with van der Waals surface area (Å²) in [5.74, 6) is 0. The molecule has 2 N–H and O–H groups in total. The van der Waals surface area contributed by atoms with E-state index in [0.29, 0.717) is 0 Å². The molecule has 1 aromatic carbocycles. The number of hydrogen-bond acceptors (Lipinski definition) is 2. The number of rotatable bonds is 0. The van der Waals surface area contributed by atoms with E-state index in [9.17, 15) is 5.11 Å². The lowest BCUT2D eigenvalue weighted by atomic mass is 10.00.